The Morgan fingerprint density at radius 3 is 0.989 bits per heavy atom. The van der Waals surface area contributed by atoms with Gasteiger partial charge < -0.3 is 120 Å². The largest absolute Gasteiger partial charge is 0.500 e. The van der Waals surface area contributed by atoms with Crippen LogP contribution in [0.2, 0.25) is 30.2 Å². The van der Waals surface area contributed by atoms with Crippen molar-refractivity contribution in [2.45, 2.75) is 62.3 Å². The van der Waals surface area contributed by atoms with Gasteiger partial charge in [0.15, 0.2) is 20.4 Å². The smallest absolute Gasteiger partial charge is 0.377 e. The number of hydrogen-bond donors (Lipinski definition) is 10. The number of carbonyl (C=O) groups excluding carboxylic acids is 1. The first-order valence-corrected chi connectivity index (χ1v) is 40.5. The Kier molecular flexibility index (Phi) is 54.8. The van der Waals surface area contributed by atoms with Crippen molar-refractivity contribution in [1.82, 2.24) is 42.2 Å². The molecule has 0 fully saturated rings. The summed E-state index contributed by atoms with van der Waals surface area (Å²) in [5, 5.41) is 32.3. The third kappa shape index (κ3) is 40.9. The van der Waals surface area contributed by atoms with Gasteiger partial charge in [-0.2, -0.15) is 0 Å². The van der Waals surface area contributed by atoms with Crippen LogP contribution in [0.3, 0.4) is 0 Å². The van der Waals surface area contributed by atoms with Crippen molar-refractivity contribution in [3.05, 3.63) is 97.7 Å². The SMILES string of the molecule is C=CCNC(=S)NCCC[Si](OC)(OC)OC.CNC(=S)NCCC[Si](OC)(OC)OC.CO[Si](CCCNC(=O)Nc1ccccc1)(OC)OC.CO[Si](CCCNC(=S)Nc1ccccc1)(OC)OC.CO[Si](CCCNC(=S)Nc1ccccn1)(OC)OC. The minimum atomic E-state index is -2.54. The van der Waals surface area contributed by atoms with E-state index in [0.717, 1.165) is 93.1 Å². The molecular formula is C56H107N11O16S4Si5. The second-order valence-corrected chi connectivity index (χ2v) is 35.6. The molecule has 2 amide bonds. The summed E-state index contributed by atoms with van der Waals surface area (Å²) in [6.45, 7) is 7.79. The minimum absolute atomic E-state index is 0.226. The number of para-hydroxylation sites is 2. The van der Waals surface area contributed by atoms with E-state index in [1.807, 2.05) is 78.9 Å². The van der Waals surface area contributed by atoms with Gasteiger partial charge in [0.05, 0.1) is 0 Å². The van der Waals surface area contributed by atoms with Gasteiger partial charge in [-0.25, -0.2) is 9.78 Å². The zero-order valence-corrected chi connectivity index (χ0v) is 65.1. The van der Waals surface area contributed by atoms with Gasteiger partial charge in [-0.15, -0.1) is 6.58 Å². The summed E-state index contributed by atoms with van der Waals surface area (Å²) in [6.07, 6.45) is 7.66. The van der Waals surface area contributed by atoms with Crippen LogP contribution in [0.4, 0.5) is 22.0 Å². The summed E-state index contributed by atoms with van der Waals surface area (Å²) in [5.74, 6) is 0.722. The van der Waals surface area contributed by atoms with Crippen LogP contribution in [-0.4, -0.2) is 228 Å². The molecule has 92 heavy (non-hydrogen) atoms. The van der Waals surface area contributed by atoms with E-state index < -0.39 is 44.0 Å². The maximum Gasteiger partial charge on any atom is 0.500 e. The summed E-state index contributed by atoms with van der Waals surface area (Å²) >= 11 is 20.4. The van der Waals surface area contributed by atoms with E-state index in [0.29, 0.717) is 46.1 Å². The first-order valence-electron chi connectivity index (χ1n) is 29.3. The predicted molar refractivity (Wildman–Crippen MR) is 392 cm³/mol. The van der Waals surface area contributed by atoms with E-state index in [2.05, 4.69) is 64.7 Å². The average molecular weight is 1460 g/mol. The lowest BCUT2D eigenvalue weighted by Crippen LogP contribution is -2.43. The average Bonchev–Trinajstić information content (AvgIpc) is 2.62. The monoisotopic (exact) mass is 1460 g/mol. The number of thiocarbonyl (C=S) groups is 4. The van der Waals surface area contributed by atoms with E-state index in [4.69, 9.17) is 115 Å². The molecule has 0 aliphatic rings. The lowest BCUT2D eigenvalue weighted by atomic mass is 10.3. The fourth-order valence-corrected chi connectivity index (χ4v) is 16.9. The zero-order chi connectivity index (χ0) is 69.4. The number of hydrogen-bond acceptors (Lipinski definition) is 21. The van der Waals surface area contributed by atoms with Crippen LogP contribution in [0.1, 0.15) is 32.1 Å². The molecule has 36 heteroatoms. The molecule has 0 spiro atoms. The second-order valence-electron chi connectivity index (χ2n) is 18.5. The number of carbonyl (C=O) groups is 1. The van der Waals surface area contributed by atoms with E-state index >= 15 is 0 Å². The normalized spacial score (nSPS) is 11.1. The van der Waals surface area contributed by atoms with Crippen molar-refractivity contribution in [1.29, 1.82) is 0 Å². The predicted octanol–water partition coefficient (Wildman–Crippen LogP) is 7.21. The van der Waals surface area contributed by atoms with Gasteiger partial charge in [0.25, 0.3) is 0 Å². The highest BCUT2D eigenvalue weighted by Gasteiger charge is 2.40. The van der Waals surface area contributed by atoms with Crippen LogP contribution < -0.4 is 53.2 Å². The lowest BCUT2D eigenvalue weighted by Gasteiger charge is -2.24. The molecule has 0 aliphatic heterocycles. The molecule has 0 aliphatic carbocycles. The van der Waals surface area contributed by atoms with Crippen LogP contribution in [0.15, 0.2) is 97.7 Å². The number of anilines is 3. The number of urea groups is 1. The summed E-state index contributed by atoms with van der Waals surface area (Å²) in [4.78, 5) is 15.8. The maximum absolute atomic E-state index is 11.6. The molecule has 10 N–H and O–H groups in total. The number of aromatic nitrogens is 1. The molecule has 1 aromatic heterocycles. The zero-order valence-electron chi connectivity index (χ0n) is 56.8. The molecule has 3 rings (SSSR count). The standard InChI is InChI=1S/C13H22N2O4Si.C13H22N2O3SSi.C12H21N3O3SSi.C10H22N2O3SSi.C8H20N2O3SSi/c1-17-20(18-2,19-3)11-7-10-14-13(16)15-12-8-5-4-6-9-12;1-16-20(17-2,18-3)11-7-10-14-13(19)15-12-8-5-4-6-9-12;1-16-20(17-2,18-3)10-6-9-14-12(19)15-11-7-4-5-8-13-11;1-5-7-11-10(16)12-8-6-9-17(13-2,14-3)15-4;1-9-8(14)10-6-5-7-15(11-2,12-3)13-4/h4-6,8-9H,7,10-11H2,1-3H3,(H2,14,15,16);4-6,8-9H,7,10-11H2,1-3H3,(H2,14,15,19);4-5,7-8H,6,9-10H2,1-3H3,(H2,13,14,15,19);5H,1,6-9H2,2-4H3,(H2,11,12,16);5-7H2,1-4H3,(H2,9,10,14). The number of benzene rings is 2. The molecule has 0 saturated heterocycles. The quantitative estimate of drug-likeness (QED) is 0.0116. The molecule has 526 valence electrons. The molecule has 27 nitrogen and oxygen atoms in total. The van der Waals surface area contributed by atoms with Gasteiger partial charge in [-0.05, 0) is 117 Å². The fourth-order valence-electron chi connectivity index (χ4n) is 7.62. The van der Waals surface area contributed by atoms with Crippen LogP contribution >= 0.6 is 48.9 Å². The van der Waals surface area contributed by atoms with E-state index in [1.54, 1.807) is 126 Å². The Morgan fingerprint density at radius 2 is 0.685 bits per heavy atom. The highest BCUT2D eigenvalue weighted by atomic mass is 32.1. The van der Waals surface area contributed by atoms with Gasteiger partial charge in [0.2, 0.25) is 0 Å². The Labute approximate surface area is 575 Å². The first kappa shape index (κ1) is 89.9. The van der Waals surface area contributed by atoms with Gasteiger partial charge in [-0.1, -0.05) is 48.5 Å². The van der Waals surface area contributed by atoms with Gasteiger partial charge in [-0.3, -0.25) is 0 Å². The van der Waals surface area contributed by atoms with Crippen molar-refractivity contribution in [2.24, 2.45) is 0 Å². The lowest BCUT2D eigenvalue weighted by molar-refractivity contribution is 0.122. The number of pyridine rings is 1. The molecule has 0 radical (unpaired) electrons. The van der Waals surface area contributed by atoms with Gasteiger partial charge in [0.1, 0.15) is 5.82 Å². The van der Waals surface area contributed by atoms with Crippen LogP contribution in [0.25, 0.3) is 0 Å². The summed E-state index contributed by atoms with van der Waals surface area (Å²) in [6, 6.07) is 28.1. The van der Waals surface area contributed by atoms with Gasteiger partial charge >= 0.3 is 50.1 Å². The van der Waals surface area contributed by atoms with E-state index in [9.17, 15) is 4.79 Å². The number of nitrogens with one attached hydrogen (secondary N) is 10. The van der Waals surface area contributed by atoms with Crippen LogP contribution in [0, 0.1) is 0 Å². The van der Waals surface area contributed by atoms with Crippen LogP contribution in [0.5, 0.6) is 0 Å². The number of amides is 2. The van der Waals surface area contributed by atoms with Crippen molar-refractivity contribution in [3.63, 3.8) is 0 Å². The highest BCUT2D eigenvalue weighted by molar-refractivity contribution is 7.81. The molecule has 0 saturated carbocycles. The minimum Gasteiger partial charge on any atom is -0.377 e. The number of rotatable bonds is 40. The molecule has 0 atom stereocenters. The van der Waals surface area contributed by atoms with Crippen molar-refractivity contribution in [3.8, 4) is 0 Å². The Bertz CT molecular complexity index is 2140. The molecule has 0 unspecified atom stereocenters. The maximum atomic E-state index is 11.6. The van der Waals surface area contributed by atoms with E-state index in [1.165, 1.54) is 0 Å². The van der Waals surface area contributed by atoms with Gasteiger partial charge in [0, 0.05) is 201 Å². The van der Waals surface area contributed by atoms with Crippen molar-refractivity contribution in [2.75, 3.05) is 169 Å². The Hall–Kier alpha value is -4.16. The van der Waals surface area contributed by atoms with E-state index in [-0.39, 0.29) is 6.03 Å². The fraction of sp³-hybridized carbons (Fsp3) is 0.571. The summed E-state index contributed by atoms with van der Waals surface area (Å²) in [5.41, 5.74) is 1.73. The highest BCUT2D eigenvalue weighted by Crippen LogP contribution is 2.18. The Balaban J connectivity index is 0. The summed E-state index contributed by atoms with van der Waals surface area (Å²) in [7, 11) is 13.6. The molecule has 2 aromatic carbocycles. The summed E-state index contributed by atoms with van der Waals surface area (Å²) < 4.78 is 79.8. The van der Waals surface area contributed by atoms with Crippen molar-refractivity contribution >= 4 is 137 Å². The third-order valence-corrected chi connectivity index (χ3v) is 28.3. The first-order chi connectivity index (χ1) is 44.2. The number of nitrogens with zero attached hydrogens (tertiary/aromatic N) is 1. The van der Waals surface area contributed by atoms with Crippen LogP contribution in [-0.2, 0) is 66.4 Å². The third-order valence-electron chi connectivity index (χ3n) is 13.0. The van der Waals surface area contributed by atoms with Crippen molar-refractivity contribution < 1.29 is 71.2 Å². The topological polar surface area (TPSA) is 289 Å². The second kappa shape index (κ2) is 56.1. The molecule has 3 aromatic rings. The molecular weight excluding hydrogens is 1350 g/mol. The molecule has 1 heterocycles. The Morgan fingerprint density at radius 1 is 0.391 bits per heavy atom. The molecule has 0 bridgehead atoms.